The smallest absolute Gasteiger partial charge is 0.260 e. The van der Waals surface area contributed by atoms with E-state index >= 15 is 0 Å². The maximum atomic E-state index is 13.1. The molecule has 1 aromatic heterocycles. The Morgan fingerprint density at radius 2 is 1.58 bits per heavy atom. The van der Waals surface area contributed by atoms with Gasteiger partial charge in [-0.15, -0.1) is 5.10 Å². The molecule has 166 valence electrons. The Hall–Kier alpha value is -3.45. The van der Waals surface area contributed by atoms with Gasteiger partial charge in [-0.25, -0.2) is 9.58 Å². The van der Waals surface area contributed by atoms with Crippen molar-refractivity contribution in [3.63, 3.8) is 0 Å². The fourth-order valence-electron chi connectivity index (χ4n) is 5.17. The molecule has 0 unspecified atom stereocenters. The van der Waals surface area contributed by atoms with Gasteiger partial charge in [0.2, 0.25) is 17.8 Å². The standard InChI is InChI=1S/C25H22ClN5O2/c26-19-13-7-6-12-18(19)21-14-20(15-8-2-1-3-9-15)27-24-28-25(29-31(21)24)30-22(32)16-10-4-5-11-17(16)23(30)33/h1-9,12-13,16-17,20-21H,10-11,14H2,(H,27,28,29)/t16-,17+,20-,21+/m0/s1. The van der Waals surface area contributed by atoms with Gasteiger partial charge in [0.15, 0.2) is 0 Å². The molecule has 1 aliphatic carbocycles. The molecule has 0 bridgehead atoms. The Morgan fingerprint density at radius 1 is 0.909 bits per heavy atom. The molecule has 33 heavy (non-hydrogen) atoms. The second kappa shape index (κ2) is 7.85. The van der Waals surface area contributed by atoms with Crippen molar-refractivity contribution in [1.29, 1.82) is 0 Å². The van der Waals surface area contributed by atoms with Crippen molar-refractivity contribution in [1.82, 2.24) is 14.8 Å². The first kappa shape index (κ1) is 20.2. The van der Waals surface area contributed by atoms with Crippen LogP contribution in [-0.4, -0.2) is 26.6 Å². The zero-order valence-electron chi connectivity index (χ0n) is 17.8. The highest BCUT2D eigenvalue weighted by Crippen LogP contribution is 2.42. The predicted octanol–water partition coefficient (Wildman–Crippen LogP) is 4.53. The average Bonchev–Trinajstić information content (AvgIpc) is 3.38. The number of carbonyl (C=O) groups excluding carboxylic acids is 2. The summed E-state index contributed by atoms with van der Waals surface area (Å²) >= 11 is 6.57. The first-order valence-electron chi connectivity index (χ1n) is 11.2. The molecule has 2 amide bonds. The molecule has 1 N–H and O–H groups in total. The Balaban J connectivity index is 1.42. The van der Waals surface area contributed by atoms with Gasteiger partial charge in [-0.05, 0) is 36.5 Å². The summed E-state index contributed by atoms with van der Waals surface area (Å²) in [4.78, 5) is 32.0. The molecule has 6 rings (SSSR count). The number of hydrogen-bond acceptors (Lipinski definition) is 5. The summed E-state index contributed by atoms with van der Waals surface area (Å²) in [6, 6.07) is 17.6. The number of anilines is 2. The van der Waals surface area contributed by atoms with Gasteiger partial charge in [-0.2, -0.15) is 4.98 Å². The number of carbonyl (C=O) groups is 2. The highest BCUT2D eigenvalue weighted by atomic mass is 35.5. The van der Waals surface area contributed by atoms with Crippen LogP contribution in [0.3, 0.4) is 0 Å². The van der Waals surface area contributed by atoms with Crippen LogP contribution in [0, 0.1) is 11.8 Å². The van der Waals surface area contributed by atoms with Crippen LogP contribution in [0.25, 0.3) is 0 Å². The number of halogens is 1. The molecule has 2 aromatic carbocycles. The minimum atomic E-state index is -0.326. The van der Waals surface area contributed by atoms with E-state index in [2.05, 4.69) is 27.5 Å². The summed E-state index contributed by atoms with van der Waals surface area (Å²) in [6.45, 7) is 0. The van der Waals surface area contributed by atoms with Crippen LogP contribution in [0.2, 0.25) is 5.02 Å². The summed E-state index contributed by atoms with van der Waals surface area (Å²) in [5, 5.41) is 8.76. The number of amides is 2. The quantitative estimate of drug-likeness (QED) is 0.459. The average molecular weight is 460 g/mol. The van der Waals surface area contributed by atoms with Gasteiger partial charge < -0.3 is 5.32 Å². The topological polar surface area (TPSA) is 80.1 Å². The number of allylic oxidation sites excluding steroid dienone is 2. The monoisotopic (exact) mass is 459 g/mol. The third-order valence-electron chi connectivity index (χ3n) is 6.85. The fraction of sp³-hybridized carbons (Fsp3) is 0.280. The molecule has 0 saturated carbocycles. The molecular weight excluding hydrogens is 438 g/mol. The molecular formula is C25H22ClN5O2. The van der Waals surface area contributed by atoms with Crippen LogP contribution in [0.1, 0.15) is 42.5 Å². The van der Waals surface area contributed by atoms with Crippen molar-refractivity contribution in [2.24, 2.45) is 11.8 Å². The Kier molecular flexibility index (Phi) is 4.80. The molecule has 2 aliphatic heterocycles. The normalized spacial score (nSPS) is 26.2. The fourth-order valence-corrected chi connectivity index (χ4v) is 5.43. The van der Waals surface area contributed by atoms with E-state index in [1.165, 1.54) is 4.90 Å². The number of nitrogens with zero attached hydrogens (tertiary/aromatic N) is 4. The number of hydrogen-bond donors (Lipinski definition) is 1. The zero-order chi connectivity index (χ0) is 22.5. The number of benzene rings is 2. The van der Waals surface area contributed by atoms with E-state index in [0.29, 0.717) is 30.2 Å². The third-order valence-corrected chi connectivity index (χ3v) is 7.20. The maximum absolute atomic E-state index is 13.1. The number of aromatic nitrogens is 3. The lowest BCUT2D eigenvalue weighted by atomic mass is 9.85. The number of rotatable bonds is 3. The Bertz CT molecular complexity index is 1240. The number of imide groups is 1. The molecule has 3 heterocycles. The first-order valence-corrected chi connectivity index (χ1v) is 11.5. The van der Waals surface area contributed by atoms with Crippen molar-refractivity contribution in [3.05, 3.63) is 82.9 Å². The van der Waals surface area contributed by atoms with Gasteiger partial charge in [0.25, 0.3) is 5.95 Å². The van der Waals surface area contributed by atoms with Crippen LogP contribution in [0.4, 0.5) is 11.9 Å². The minimum Gasteiger partial charge on any atom is -0.347 e. The molecule has 0 spiro atoms. The molecule has 1 fully saturated rings. The molecule has 1 saturated heterocycles. The predicted molar refractivity (Wildman–Crippen MR) is 125 cm³/mol. The maximum Gasteiger partial charge on any atom is 0.260 e. The van der Waals surface area contributed by atoms with E-state index in [-0.39, 0.29) is 41.7 Å². The van der Waals surface area contributed by atoms with E-state index in [9.17, 15) is 9.59 Å². The van der Waals surface area contributed by atoms with Crippen LogP contribution in [0.15, 0.2) is 66.7 Å². The van der Waals surface area contributed by atoms with Crippen molar-refractivity contribution in [2.75, 3.05) is 10.2 Å². The summed E-state index contributed by atoms with van der Waals surface area (Å²) in [7, 11) is 0. The van der Waals surface area contributed by atoms with Gasteiger partial charge in [0.05, 0.1) is 23.9 Å². The lowest BCUT2D eigenvalue weighted by molar-refractivity contribution is -0.122. The molecule has 0 radical (unpaired) electrons. The van der Waals surface area contributed by atoms with Gasteiger partial charge in [-0.3, -0.25) is 9.59 Å². The van der Waals surface area contributed by atoms with Crippen molar-refractivity contribution < 1.29 is 9.59 Å². The van der Waals surface area contributed by atoms with E-state index in [4.69, 9.17) is 11.6 Å². The first-order chi connectivity index (χ1) is 16.1. The molecule has 7 nitrogen and oxygen atoms in total. The second-order valence-electron chi connectivity index (χ2n) is 8.73. The lowest BCUT2D eigenvalue weighted by Gasteiger charge is -2.32. The summed E-state index contributed by atoms with van der Waals surface area (Å²) in [6.07, 6.45) is 5.80. The lowest BCUT2D eigenvalue weighted by Crippen LogP contribution is -2.32. The number of nitrogens with one attached hydrogen (secondary N) is 1. The van der Waals surface area contributed by atoms with Crippen LogP contribution >= 0.6 is 11.6 Å². The molecule has 4 atom stereocenters. The molecule has 3 aromatic rings. The molecule has 3 aliphatic rings. The molecule has 8 heteroatoms. The van der Waals surface area contributed by atoms with Gasteiger partial charge in [0.1, 0.15) is 0 Å². The van der Waals surface area contributed by atoms with Crippen molar-refractivity contribution >= 4 is 35.3 Å². The highest BCUT2D eigenvalue weighted by molar-refractivity contribution is 6.31. The summed E-state index contributed by atoms with van der Waals surface area (Å²) < 4.78 is 1.76. The SMILES string of the molecule is O=C1[C@H]2CC=CC[C@H]2C(=O)N1c1nc2n(n1)[C@@H](c1ccccc1Cl)C[C@@H](c1ccccc1)N2. The second-order valence-corrected chi connectivity index (χ2v) is 9.14. The van der Waals surface area contributed by atoms with E-state index in [1.54, 1.807) is 4.68 Å². The summed E-state index contributed by atoms with van der Waals surface area (Å²) in [5.41, 5.74) is 2.05. The van der Waals surface area contributed by atoms with Crippen LogP contribution in [-0.2, 0) is 9.59 Å². The highest BCUT2D eigenvalue weighted by Gasteiger charge is 2.50. The van der Waals surface area contributed by atoms with Crippen LogP contribution < -0.4 is 10.2 Å². The van der Waals surface area contributed by atoms with Crippen LogP contribution in [0.5, 0.6) is 0 Å². The number of fused-ring (bicyclic) bond motifs is 2. The van der Waals surface area contributed by atoms with Gasteiger partial charge in [0, 0.05) is 5.02 Å². The van der Waals surface area contributed by atoms with Crippen molar-refractivity contribution in [3.8, 4) is 0 Å². The van der Waals surface area contributed by atoms with Gasteiger partial charge in [-0.1, -0.05) is 72.3 Å². The van der Waals surface area contributed by atoms with E-state index in [0.717, 1.165) is 11.1 Å². The van der Waals surface area contributed by atoms with Gasteiger partial charge >= 0.3 is 0 Å². The van der Waals surface area contributed by atoms with Crippen molar-refractivity contribution in [2.45, 2.75) is 31.3 Å². The third kappa shape index (κ3) is 3.26. The van der Waals surface area contributed by atoms with E-state index < -0.39 is 0 Å². The zero-order valence-corrected chi connectivity index (χ0v) is 18.5. The minimum absolute atomic E-state index is 0.0196. The summed E-state index contributed by atoms with van der Waals surface area (Å²) in [5.74, 6) is -0.437. The Labute approximate surface area is 196 Å². The largest absolute Gasteiger partial charge is 0.347 e. The van der Waals surface area contributed by atoms with E-state index in [1.807, 2.05) is 54.6 Å². The Morgan fingerprint density at radius 3 is 2.27 bits per heavy atom.